The van der Waals surface area contributed by atoms with Crippen molar-refractivity contribution in [2.75, 3.05) is 25.1 Å². The summed E-state index contributed by atoms with van der Waals surface area (Å²) in [6.07, 6.45) is 6.50. The number of nitrogens with one attached hydrogen (secondary N) is 1. The maximum Gasteiger partial charge on any atom is 0.274 e. The highest BCUT2D eigenvalue weighted by Gasteiger charge is 2.32. The topological polar surface area (TPSA) is 99.4 Å². The van der Waals surface area contributed by atoms with Crippen LogP contribution in [-0.4, -0.2) is 41.7 Å². The first-order valence-electron chi connectivity index (χ1n) is 14.1. The number of halogens is 3. The zero-order valence-corrected chi connectivity index (χ0v) is 23.2. The number of rotatable bonds is 7. The Labute approximate surface area is 237 Å². The number of nitrogens with zero attached hydrogens (tertiary/aromatic N) is 2. The van der Waals surface area contributed by atoms with Crippen LogP contribution < -0.4 is 15.8 Å². The van der Waals surface area contributed by atoms with Crippen molar-refractivity contribution in [3.8, 4) is 17.0 Å². The van der Waals surface area contributed by atoms with Crippen LogP contribution in [0.15, 0.2) is 42.7 Å². The highest BCUT2D eigenvalue weighted by molar-refractivity contribution is 6.03. The molecular weight excluding hydrogens is 533 g/mol. The van der Waals surface area contributed by atoms with Crippen molar-refractivity contribution in [2.45, 2.75) is 51.5 Å². The molecule has 41 heavy (non-hydrogen) atoms. The summed E-state index contributed by atoms with van der Waals surface area (Å²) in [7, 11) is 0. The molecule has 5 rings (SSSR count). The predicted octanol–water partition coefficient (Wildman–Crippen LogP) is 6.10. The standard InChI is InChI=1S/C31H35F3N4O3/c1-17-11-20(12-26(35)18(17)2)22-5-8-36-15-28(22)38-31(39)27-4-3-23(32)30(37-27)29-24(33)13-21(14-25(29)34)41-16-19-6-9-40-10-7-19/h3-5,8,13-15,17-20,26H,6-7,9-12,16,35H2,1-2H3,(H,38,39)/t17-,18-,20+,26+/m0/s1. The third-order valence-electron chi connectivity index (χ3n) is 8.49. The molecule has 3 aromatic rings. The summed E-state index contributed by atoms with van der Waals surface area (Å²) in [6.45, 7) is 5.87. The maximum atomic E-state index is 15.1. The molecule has 0 bridgehead atoms. The summed E-state index contributed by atoms with van der Waals surface area (Å²) in [5.74, 6) is -2.54. The van der Waals surface area contributed by atoms with Crippen LogP contribution >= 0.6 is 0 Å². The summed E-state index contributed by atoms with van der Waals surface area (Å²) >= 11 is 0. The third kappa shape index (κ3) is 6.54. The molecule has 4 atom stereocenters. The Morgan fingerprint density at radius 3 is 2.51 bits per heavy atom. The normalized spacial score (nSPS) is 23.3. The number of anilines is 1. The fourth-order valence-corrected chi connectivity index (χ4v) is 5.76. The van der Waals surface area contributed by atoms with E-state index in [0.29, 0.717) is 37.3 Å². The molecule has 1 saturated heterocycles. The molecule has 218 valence electrons. The largest absolute Gasteiger partial charge is 0.493 e. The molecule has 10 heteroatoms. The molecule has 1 aliphatic heterocycles. The van der Waals surface area contributed by atoms with Crippen molar-refractivity contribution in [1.29, 1.82) is 0 Å². The smallest absolute Gasteiger partial charge is 0.274 e. The van der Waals surface area contributed by atoms with Gasteiger partial charge in [0.2, 0.25) is 0 Å². The van der Waals surface area contributed by atoms with Crippen LogP contribution in [0.1, 0.15) is 61.5 Å². The van der Waals surface area contributed by atoms with Crippen molar-refractivity contribution in [3.63, 3.8) is 0 Å². The number of hydrogen-bond acceptors (Lipinski definition) is 6. The molecule has 0 radical (unpaired) electrons. The first-order valence-corrected chi connectivity index (χ1v) is 14.1. The lowest BCUT2D eigenvalue weighted by Gasteiger charge is -2.37. The lowest BCUT2D eigenvalue weighted by Crippen LogP contribution is -2.39. The molecule has 0 unspecified atom stereocenters. The molecular formula is C31H35F3N4O3. The van der Waals surface area contributed by atoms with Crippen LogP contribution in [0.25, 0.3) is 11.3 Å². The fraction of sp³-hybridized carbons (Fsp3) is 0.452. The maximum absolute atomic E-state index is 15.1. The molecule has 3 heterocycles. The van der Waals surface area contributed by atoms with Crippen LogP contribution in [0, 0.1) is 35.2 Å². The highest BCUT2D eigenvalue weighted by atomic mass is 19.1. The molecule has 2 fully saturated rings. The third-order valence-corrected chi connectivity index (χ3v) is 8.49. The van der Waals surface area contributed by atoms with Gasteiger partial charge in [0, 0.05) is 37.6 Å². The minimum absolute atomic E-state index is 0.000187. The lowest BCUT2D eigenvalue weighted by atomic mass is 9.71. The van der Waals surface area contributed by atoms with Crippen LogP contribution in [0.5, 0.6) is 5.75 Å². The Morgan fingerprint density at radius 2 is 1.80 bits per heavy atom. The number of carbonyl (C=O) groups is 1. The summed E-state index contributed by atoms with van der Waals surface area (Å²) in [6, 6.07) is 6.04. The molecule has 3 N–H and O–H groups in total. The molecule has 7 nitrogen and oxygen atoms in total. The van der Waals surface area contributed by atoms with Crippen LogP contribution in [0.3, 0.4) is 0 Å². The van der Waals surface area contributed by atoms with E-state index in [9.17, 15) is 9.18 Å². The van der Waals surface area contributed by atoms with E-state index in [1.165, 1.54) is 6.07 Å². The summed E-state index contributed by atoms with van der Waals surface area (Å²) in [5.41, 5.74) is 6.31. The van der Waals surface area contributed by atoms with Gasteiger partial charge in [-0.05, 0) is 73.1 Å². The number of aromatic nitrogens is 2. The van der Waals surface area contributed by atoms with Crippen LogP contribution in [0.2, 0.25) is 0 Å². The number of hydrogen-bond donors (Lipinski definition) is 2. The molecule has 2 aromatic heterocycles. The Morgan fingerprint density at radius 1 is 1.07 bits per heavy atom. The minimum atomic E-state index is -1.04. The second kappa shape index (κ2) is 12.6. The average molecular weight is 569 g/mol. The number of benzene rings is 1. The first kappa shape index (κ1) is 29.0. The van der Waals surface area contributed by atoms with Crippen LogP contribution in [0.4, 0.5) is 18.9 Å². The van der Waals surface area contributed by atoms with E-state index in [2.05, 4.69) is 29.1 Å². The van der Waals surface area contributed by atoms with Crippen LogP contribution in [-0.2, 0) is 4.74 Å². The van der Waals surface area contributed by atoms with Crippen molar-refractivity contribution in [1.82, 2.24) is 9.97 Å². The van der Waals surface area contributed by atoms with Gasteiger partial charge in [0.05, 0.1) is 24.1 Å². The Hall–Kier alpha value is -3.50. The molecule has 1 saturated carbocycles. The monoisotopic (exact) mass is 568 g/mol. The highest BCUT2D eigenvalue weighted by Crippen LogP contribution is 2.41. The minimum Gasteiger partial charge on any atom is -0.493 e. The van der Waals surface area contributed by atoms with Crippen molar-refractivity contribution < 1.29 is 27.4 Å². The van der Waals surface area contributed by atoms with E-state index >= 15 is 8.78 Å². The number of ether oxygens (including phenoxy) is 2. The predicted molar refractivity (Wildman–Crippen MR) is 149 cm³/mol. The molecule has 2 aliphatic rings. The first-order chi connectivity index (χ1) is 19.7. The lowest BCUT2D eigenvalue weighted by molar-refractivity contribution is 0.0496. The van der Waals surface area contributed by atoms with Crippen molar-refractivity contribution >= 4 is 11.6 Å². The Bertz CT molecular complexity index is 1360. The van der Waals surface area contributed by atoms with Gasteiger partial charge in [-0.15, -0.1) is 0 Å². The number of pyridine rings is 2. The van der Waals surface area contributed by atoms with E-state index in [-0.39, 0.29) is 29.3 Å². The van der Waals surface area contributed by atoms with Gasteiger partial charge in [0.25, 0.3) is 5.91 Å². The number of amides is 1. The summed E-state index contributed by atoms with van der Waals surface area (Å²) in [4.78, 5) is 21.4. The second-order valence-corrected chi connectivity index (χ2v) is 11.2. The molecule has 1 amide bonds. The average Bonchev–Trinajstić information content (AvgIpc) is 2.96. The Balaban J connectivity index is 1.35. The Kier molecular flexibility index (Phi) is 8.89. The zero-order chi connectivity index (χ0) is 29.1. The number of carbonyl (C=O) groups excluding carboxylic acids is 1. The van der Waals surface area contributed by atoms with Gasteiger partial charge in [0.1, 0.15) is 34.6 Å². The van der Waals surface area contributed by atoms with Gasteiger partial charge in [-0.2, -0.15) is 0 Å². The second-order valence-electron chi connectivity index (χ2n) is 11.2. The van der Waals surface area contributed by atoms with Crippen molar-refractivity contribution in [3.05, 3.63) is 71.4 Å². The van der Waals surface area contributed by atoms with Crippen molar-refractivity contribution in [2.24, 2.45) is 23.5 Å². The van der Waals surface area contributed by atoms with Gasteiger partial charge in [-0.3, -0.25) is 9.78 Å². The molecule has 1 aromatic carbocycles. The van der Waals surface area contributed by atoms with E-state index in [0.717, 1.165) is 49.4 Å². The summed E-state index contributed by atoms with van der Waals surface area (Å²) < 4.78 is 56.0. The molecule has 1 aliphatic carbocycles. The summed E-state index contributed by atoms with van der Waals surface area (Å²) in [5, 5.41) is 2.81. The van der Waals surface area contributed by atoms with Gasteiger partial charge in [-0.25, -0.2) is 18.2 Å². The van der Waals surface area contributed by atoms with E-state index in [4.69, 9.17) is 15.2 Å². The van der Waals surface area contributed by atoms with Gasteiger partial charge < -0.3 is 20.5 Å². The van der Waals surface area contributed by atoms with E-state index in [1.807, 2.05) is 6.07 Å². The fourth-order valence-electron chi connectivity index (χ4n) is 5.76. The van der Waals surface area contributed by atoms with Gasteiger partial charge in [-0.1, -0.05) is 13.8 Å². The van der Waals surface area contributed by atoms with E-state index < -0.39 is 34.6 Å². The zero-order valence-electron chi connectivity index (χ0n) is 23.2. The molecule has 0 spiro atoms. The quantitative estimate of drug-likeness (QED) is 0.358. The van der Waals surface area contributed by atoms with E-state index in [1.54, 1.807) is 12.4 Å². The van der Waals surface area contributed by atoms with Gasteiger partial charge in [0.15, 0.2) is 0 Å². The van der Waals surface area contributed by atoms with Gasteiger partial charge >= 0.3 is 0 Å². The number of nitrogens with two attached hydrogens (primary N) is 1. The SMILES string of the molecule is C[C@@H]1[C@H](N)C[C@H](c2ccncc2NC(=O)c2ccc(F)c(-c3c(F)cc(OCC4CCOCC4)cc3F)n2)C[C@@H]1C.